The predicted molar refractivity (Wildman–Crippen MR) is 198 cm³/mol. The largest absolute Gasteiger partial charge is 0.244 e. The molecule has 0 saturated carbocycles. The summed E-state index contributed by atoms with van der Waals surface area (Å²) in [6.07, 6.45) is 17.2. The van der Waals surface area contributed by atoms with Gasteiger partial charge in [-0.05, 0) is 46.2 Å². The van der Waals surface area contributed by atoms with Crippen molar-refractivity contribution < 1.29 is 18.3 Å². The van der Waals surface area contributed by atoms with E-state index >= 15 is 0 Å². The highest BCUT2D eigenvalue weighted by Gasteiger charge is 2.17. The zero-order valence-corrected chi connectivity index (χ0v) is 29.4. The molecule has 0 aliphatic heterocycles. The van der Waals surface area contributed by atoms with Gasteiger partial charge >= 0.3 is 0 Å². The van der Waals surface area contributed by atoms with Crippen LogP contribution in [0, 0.1) is 0 Å². The van der Waals surface area contributed by atoms with E-state index in [1.165, 1.54) is 44.8 Å². The Kier molecular flexibility index (Phi) is 9.65. The van der Waals surface area contributed by atoms with Gasteiger partial charge in [0.25, 0.3) is 0 Å². The Labute approximate surface area is 296 Å². The van der Waals surface area contributed by atoms with Gasteiger partial charge in [0.05, 0.1) is 0 Å². The van der Waals surface area contributed by atoms with E-state index in [2.05, 4.69) is 211 Å². The van der Waals surface area contributed by atoms with Crippen LogP contribution in [0.1, 0.15) is 62.0 Å². The highest BCUT2D eigenvalue weighted by molar-refractivity contribution is 5.62. The van der Waals surface area contributed by atoms with Crippen LogP contribution in [0.4, 0.5) is 0 Å². The van der Waals surface area contributed by atoms with Crippen LogP contribution in [0.15, 0.2) is 165 Å². The Morgan fingerprint density at radius 2 is 0.740 bits per heavy atom. The van der Waals surface area contributed by atoms with Gasteiger partial charge in [-0.15, -0.1) is 0 Å². The number of rotatable bonds is 10. The minimum Gasteiger partial charge on any atom is -0.244 e. The van der Waals surface area contributed by atoms with E-state index in [4.69, 9.17) is 4.98 Å². The maximum atomic E-state index is 4.99. The van der Waals surface area contributed by atoms with Crippen molar-refractivity contribution in [1.29, 1.82) is 0 Å². The number of aromatic nitrogens is 5. The molecule has 0 aliphatic rings. The number of hydrogen-bond donors (Lipinski definition) is 0. The fraction of sp³-hybridized carbons (Fsp3) is 0.178. The summed E-state index contributed by atoms with van der Waals surface area (Å²) in [5.74, 6) is 0.938. The van der Waals surface area contributed by atoms with E-state index in [1.54, 1.807) is 0 Å². The molecule has 0 bridgehead atoms. The minimum atomic E-state index is 0.469. The van der Waals surface area contributed by atoms with Gasteiger partial charge in [-0.1, -0.05) is 70.2 Å². The van der Waals surface area contributed by atoms with Gasteiger partial charge in [0.2, 0.25) is 11.4 Å². The summed E-state index contributed by atoms with van der Waals surface area (Å²) in [6.45, 7) is 10.4. The molecule has 0 N–H and O–H groups in total. The quantitative estimate of drug-likeness (QED) is 0.138. The number of benzene rings is 2. The molecule has 0 spiro atoms. The second-order valence-corrected chi connectivity index (χ2v) is 13.6. The lowest BCUT2D eigenvalue weighted by Gasteiger charge is -2.08. The van der Waals surface area contributed by atoms with Gasteiger partial charge in [0.15, 0.2) is 62.7 Å². The molecular weight excluding hydrogens is 611 g/mol. The third kappa shape index (κ3) is 7.42. The topological polar surface area (TPSA) is 28.4 Å². The molecular formula is C45H45N5+4. The van der Waals surface area contributed by atoms with Crippen molar-refractivity contribution in [3.63, 3.8) is 0 Å². The van der Waals surface area contributed by atoms with E-state index in [-0.39, 0.29) is 0 Å². The lowest BCUT2D eigenvalue weighted by molar-refractivity contribution is -0.690. The lowest BCUT2D eigenvalue weighted by Crippen LogP contribution is -2.35. The van der Waals surface area contributed by atoms with E-state index in [0.717, 1.165) is 11.4 Å². The molecule has 0 fully saturated rings. The number of hydrogen-bond acceptors (Lipinski definition) is 1. The molecule has 5 heterocycles. The summed E-state index contributed by atoms with van der Waals surface area (Å²) >= 11 is 0. The highest BCUT2D eigenvalue weighted by atomic mass is 15.0. The van der Waals surface area contributed by atoms with Crippen LogP contribution in [0.2, 0.25) is 0 Å². The van der Waals surface area contributed by atoms with Crippen molar-refractivity contribution >= 4 is 0 Å². The summed E-state index contributed by atoms with van der Waals surface area (Å²) in [7, 11) is 0. The summed E-state index contributed by atoms with van der Waals surface area (Å²) in [4.78, 5) is 4.99. The van der Waals surface area contributed by atoms with Gasteiger partial charge < -0.3 is 0 Å². The van der Waals surface area contributed by atoms with E-state index in [1.807, 2.05) is 0 Å². The second-order valence-electron chi connectivity index (χ2n) is 13.6. The van der Waals surface area contributed by atoms with Crippen molar-refractivity contribution in [2.24, 2.45) is 0 Å². The van der Waals surface area contributed by atoms with Crippen molar-refractivity contribution in [3.05, 3.63) is 187 Å². The Morgan fingerprint density at radius 1 is 0.400 bits per heavy atom. The van der Waals surface area contributed by atoms with Crippen LogP contribution in [-0.2, 0) is 13.1 Å². The summed E-state index contributed by atoms with van der Waals surface area (Å²) in [5.41, 5.74) is 12.0. The first kappa shape index (κ1) is 32.7. The molecule has 50 heavy (non-hydrogen) atoms. The highest BCUT2D eigenvalue weighted by Crippen LogP contribution is 2.22. The second kappa shape index (κ2) is 14.8. The van der Waals surface area contributed by atoms with Crippen molar-refractivity contribution in [1.82, 2.24) is 4.98 Å². The van der Waals surface area contributed by atoms with Gasteiger partial charge in [-0.3, -0.25) is 0 Å². The third-order valence-corrected chi connectivity index (χ3v) is 9.34. The molecule has 0 amide bonds. The van der Waals surface area contributed by atoms with E-state index < -0.39 is 0 Å². The normalized spacial score (nSPS) is 11.3. The van der Waals surface area contributed by atoms with Gasteiger partial charge in [0, 0.05) is 71.8 Å². The first-order valence-corrected chi connectivity index (χ1v) is 17.6. The van der Waals surface area contributed by atoms with Crippen LogP contribution >= 0.6 is 0 Å². The molecule has 5 nitrogen and oxygen atoms in total. The monoisotopic (exact) mass is 655 g/mol. The van der Waals surface area contributed by atoms with Crippen LogP contribution in [0.3, 0.4) is 0 Å². The van der Waals surface area contributed by atoms with Crippen molar-refractivity contribution in [2.45, 2.75) is 52.6 Å². The Balaban J connectivity index is 0.983. The standard InChI is InChI=1S/C45H45N5/c1-34(2)42-12-5-7-14-44(42)49-28-20-38(21-29-49)36-16-24-47(25-17-36)32-40-10-9-11-41(46-40)33-48-26-18-37(19-27-48)39-22-30-50(31-23-39)45-15-8-6-13-43(45)35(3)4/h5-31,34-35H,32-33H2,1-4H3/q+4. The van der Waals surface area contributed by atoms with Crippen molar-refractivity contribution in [2.75, 3.05) is 0 Å². The Morgan fingerprint density at radius 3 is 1.10 bits per heavy atom. The van der Waals surface area contributed by atoms with E-state index in [9.17, 15) is 0 Å². The number of nitrogens with zero attached hydrogens (tertiary/aromatic N) is 5. The average molecular weight is 656 g/mol. The fourth-order valence-corrected chi connectivity index (χ4v) is 6.57. The smallest absolute Gasteiger partial charge is 0.214 e. The van der Waals surface area contributed by atoms with E-state index in [0.29, 0.717) is 24.9 Å². The molecule has 5 aromatic heterocycles. The molecule has 0 saturated heterocycles. The molecule has 5 heteroatoms. The molecule has 0 unspecified atom stereocenters. The fourth-order valence-electron chi connectivity index (χ4n) is 6.57. The SMILES string of the molecule is CC(C)c1ccccc1-[n+]1ccc(-c2cc[n+](Cc3cccc(C[n+]4ccc(-c5cc[n+](-c6ccccc6C(C)C)cc5)cc4)n3)cc2)cc1. The number of para-hydroxylation sites is 2. The third-order valence-electron chi connectivity index (χ3n) is 9.34. The molecule has 7 aromatic rings. The molecule has 0 aliphatic carbocycles. The molecule has 0 atom stereocenters. The molecule has 246 valence electrons. The van der Waals surface area contributed by atoms with Crippen LogP contribution in [-0.4, -0.2) is 4.98 Å². The average Bonchev–Trinajstić information content (AvgIpc) is 3.16. The first-order valence-electron chi connectivity index (χ1n) is 17.6. The van der Waals surface area contributed by atoms with Gasteiger partial charge in [0.1, 0.15) is 11.4 Å². The summed E-state index contributed by atoms with van der Waals surface area (Å²) < 4.78 is 8.78. The van der Waals surface area contributed by atoms with Gasteiger partial charge in [-0.2, -0.15) is 18.3 Å². The lowest BCUT2D eigenvalue weighted by atomic mass is 10.0. The minimum absolute atomic E-state index is 0.469. The maximum absolute atomic E-state index is 4.99. The molecule has 7 rings (SSSR count). The predicted octanol–water partition coefficient (Wildman–Crippen LogP) is 7.89. The zero-order valence-electron chi connectivity index (χ0n) is 29.4. The maximum Gasteiger partial charge on any atom is 0.214 e. The zero-order chi connectivity index (χ0) is 34.5. The number of pyridine rings is 5. The summed E-state index contributed by atoms with van der Waals surface area (Å²) in [6, 6.07) is 41.0. The van der Waals surface area contributed by atoms with Crippen LogP contribution in [0.5, 0.6) is 0 Å². The van der Waals surface area contributed by atoms with Crippen LogP contribution in [0.25, 0.3) is 33.6 Å². The molecule has 2 aromatic carbocycles. The van der Waals surface area contributed by atoms with Gasteiger partial charge in [-0.25, -0.2) is 4.98 Å². The summed E-state index contributed by atoms with van der Waals surface area (Å²) in [5, 5.41) is 0. The van der Waals surface area contributed by atoms with Crippen molar-refractivity contribution in [3.8, 4) is 33.6 Å². The van der Waals surface area contributed by atoms with Crippen LogP contribution < -0.4 is 18.3 Å². The molecule has 0 radical (unpaired) electrons. The Hall–Kier alpha value is -5.81. The Bertz CT molecular complexity index is 2030. The first-order chi connectivity index (χ1) is 24.4.